The second kappa shape index (κ2) is 7.66. The number of ether oxygens (including phenoxy) is 2. The summed E-state index contributed by atoms with van der Waals surface area (Å²) in [6.07, 6.45) is 0. The Morgan fingerprint density at radius 2 is 1.17 bits per heavy atom. The van der Waals surface area contributed by atoms with Crippen molar-refractivity contribution < 1.29 is 13.9 Å². The second-order valence-corrected chi connectivity index (χ2v) is 8.05. The molecule has 0 saturated heterocycles. The lowest BCUT2D eigenvalue weighted by molar-refractivity contribution is -0.239. The molecule has 23 heavy (non-hydrogen) atoms. The van der Waals surface area contributed by atoms with Gasteiger partial charge in [0.05, 0.1) is 0 Å². The molecule has 0 saturated carbocycles. The van der Waals surface area contributed by atoms with E-state index in [1.165, 1.54) is 0 Å². The molecule has 0 heterocycles. The van der Waals surface area contributed by atoms with Gasteiger partial charge in [0.1, 0.15) is 11.5 Å². The van der Waals surface area contributed by atoms with Gasteiger partial charge < -0.3 is 13.9 Å². The van der Waals surface area contributed by atoms with Crippen LogP contribution in [0.3, 0.4) is 0 Å². The summed E-state index contributed by atoms with van der Waals surface area (Å²) in [6.45, 7) is 8.49. The summed E-state index contributed by atoms with van der Waals surface area (Å²) >= 11 is 0. The minimum absolute atomic E-state index is 0.257. The summed E-state index contributed by atoms with van der Waals surface area (Å²) in [7, 11) is -0.779. The van der Waals surface area contributed by atoms with Crippen LogP contribution < -0.4 is 9.47 Å². The molecule has 124 valence electrons. The summed E-state index contributed by atoms with van der Waals surface area (Å²) in [5.41, 5.74) is 0.257. The van der Waals surface area contributed by atoms with E-state index in [4.69, 9.17) is 13.9 Å². The lowest BCUT2D eigenvalue weighted by Gasteiger charge is -2.32. The van der Waals surface area contributed by atoms with Crippen molar-refractivity contribution in [1.82, 2.24) is 0 Å². The Labute approximate surface area is 141 Å². The van der Waals surface area contributed by atoms with E-state index in [1.54, 1.807) is 0 Å². The zero-order chi connectivity index (χ0) is 16.8. The van der Waals surface area contributed by atoms with Gasteiger partial charge in [0.15, 0.2) is 9.76 Å². The Bertz CT molecular complexity index is 537. The highest BCUT2D eigenvalue weighted by Crippen LogP contribution is 2.25. The molecule has 0 aliphatic rings. The van der Waals surface area contributed by atoms with Crippen molar-refractivity contribution >= 4 is 9.76 Å². The van der Waals surface area contributed by atoms with Gasteiger partial charge in [-0.25, -0.2) is 0 Å². The van der Waals surface area contributed by atoms with Gasteiger partial charge in [0, 0.05) is 6.92 Å². The molecule has 0 radical (unpaired) electrons. The third-order valence-electron chi connectivity index (χ3n) is 3.31. The van der Waals surface area contributed by atoms with Crippen LogP contribution in [0.25, 0.3) is 0 Å². The van der Waals surface area contributed by atoms with Crippen LogP contribution in [0, 0.1) is 5.41 Å². The van der Waals surface area contributed by atoms with Crippen LogP contribution >= 0.6 is 0 Å². The molecule has 0 aromatic heterocycles. The molecule has 2 aromatic carbocycles. The summed E-state index contributed by atoms with van der Waals surface area (Å²) < 4.78 is 18.1. The largest absolute Gasteiger partial charge is 0.431 e. The van der Waals surface area contributed by atoms with Gasteiger partial charge >= 0.3 is 5.97 Å². The molecule has 2 aromatic rings. The number of hydrogen-bond acceptors (Lipinski definition) is 3. The van der Waals surface area contributed by atoms with E-state index in [2.05, 4.69) is 20.8 Å². The van der Waals surface area contributed by atoms with Gasteiger partial charge in [0.25, 0.3) is 0 Å². The molecule has 0 aliphatic heterocycles. The fourth-order valence-electron chi connectivity index (χ4n) is 2.03. The molecule has 0 N–H and O–H groups in total. The number of hydrogen-bond donors (Lipinski definition) is 0. The highest BCUT2D eigenvalue weighted by atomic mass is 28.2. The van der Waals surface area contributed by atoms with Crippen LogP contribution in [0.4, 0.5) is 0 Å². The Morgan fingerprint density at radius 1 is 0.739 bits per heavy atom. The number of benzene rings is 2. The minimum atomic E-state index is -1.11. The molecular formula is C19H26O3Si. The van der Waals surface area contributed by atoms with Gasteiger partial charge in [-0.1, -0.05) is 57.2 Å². The van der Waals surface area contributed by atoms with Crippen molar-refractivity contribution in [2.75, 3.05) is 0 Å². The van der Waals surface area contributed by atoms with Crippen LogP contribution in [-0.2, 0) is 4.43 Å². The molecule has 3 nitrogen and oxygen atoms in total. The van der Waals surface area contributed by atoms with Crippen molar-refractivity contribution in [3.63, 3.8) is 0 Å². The maximum Gasteiger partial charge on any atom is 0.358 e. The first-order chi connectivity index (χ1) is 10.9. The SMILES string of the molecule is CC(C)(C)C[SiH2]OC(C)(Oc1ccccc1)Oc1ccccc1. The first-order valence-electron chi connectivity index (χ1n) is 7.98. The van der Waals surface area contributed by atoms with Gasteiger partial charge in [0.2, 0.25) is 0 Å². The summed E-state index contributed by atoms with van der Waals surface area (Å²) in [4.78, 5) is 0. The van der Waals surface area contributed by atoms with E-state index in [0.717, 1.165) is 17.5 Å². The predicted octanol–water partition coefficient (Wildman–Crippen LogP) is 4.38. The topological polar surface area (TPSA) is 27.7 Å². The number of rotatable bonds is 7. The smallest absolute Gasteiger partial charge is 0.358 e. The first-order valence-corrected chi connectivity index (χ1v) is 9.56. The standard InChI is InChI=1S/C19H26O3Si/c1-18(2,3)15-23-22-19(4,20-16-11-7-5-8-12-16)21-17-13-9-6-10-14-17/h5-14H,15,23H2,1-4H3. The molecule has 0 aliphatic carbocycles. The van der Waals surface area contributed by atoms with Crippen molar-refractivity contribution in [2.24, 2.45) is 5.41 Å². The van der Waals surface area contributed by atoms with E-state index in [0.29, 0.717) is 0 Å². The quantitative estimate of drug-likeness (QED) is 0.557. The molecule has 0 atom stereocenters. The Morgan fingerprint density at radius 3 is 1.57 bits per heavy atom. The molecular weight excluding hydrogens is 304 g/mol. The maximum atomic E-state index is 6.11. The van der Waals surface area contributed by atoms with Crippen LogP contribution in [0.5, 0.6) is 11.5 Å². The lowest BCUT2D eigenvalue weighted by Crippen LogP contribution is -2.43. The van der Waals surface area contributed by atoms with Crippen molar-refractivity contribution in [2.45, 2.75) is 39.7 Å². The predicted molar refractivity (Wildman–Crippen MR) is 96.4 cm³/mol. The molecule has 0 fully saturated rings. The molecule has 0 bridgehead atoms. The normalized spacial score (nSPS) is 12.5. The average molecular weight is 331 g/mol. The Kier molecular flexibility index (Phi) is 5.85. The van der Waals surface area contributed by atoms with Crippen LogP contribution in [0.2, 0.25) is 6.04 Å². The van der Waals surface area contributed by atoms with E-state index >= 15 is 0 Å². The van der Waals surface area contributed by atoms with Gasteiger partial charge in [-0.2, -0.15) is 0 Å². The molecule has 0 amide bonds. The van der Waals surface area contributed by atoms with Crippen LogP contribution in [0.1, 0.15) is 27.7 Å². The second-order valence-electron chi connectivity index (χ2n) is 6.85. The van der Waals surface area contributed by atoms with E-state index in [9.17, 15) is 0 Å². The Balaban J connectivity index is 2.09. The number of para-hydroxylation sites is 2. The van der Waals surface area contributed by atoms with E-state index in [1.807, 2.05) is 67.6 Å². The summed E-state index contributed by atoms with van der Waals surface area (Å²) in [6, 6.07) is 20.3. The highest BCUT2D eigenvalue weighted by molar-refractivity contribution is 6.27. The summed E-state index contributed by atoms with van der Waals surface area (Å²) in [5, 5.41) is 0. The monoisotopic (exact) mass is 330 g/mol. The van der Waals surface area contributed by atoms with Gasteiger partial charge in [-0.15, -0.1) is 0 Å². The minimum Gasteiger partial charge on any atom is -0.431 e. The fourth-order valence-corrected chi connectivity index (χ4v) is 3.23. The maximum absolute atomic E-state index is 6.11. The first kappa shape index (κ1) is 17.6. The fraction of sp³-hybridized carbons (Fsp3) is 0.368. The Hall–Kier alpha value is -1.78. The molecule has 2 rings (SSSR count). The van der Waals surface area contributed by atoms with Crippen molar-refractivity contribution in [1.29, 1.82) is 0 Å². The van der Waals surface area contributed by atoms with Gasteiger partial charge in [-0.05, 0) is 35.7 Å². The third kappa shape index (κ3) is 6.46. The van der Waals surface area contributed by atoms with Crippen molar-refractivity contribution in [3.05, 3.63) is 60.7 Å². The lowest BCUT2D eigenvalue weighted by atomic mass is 10.0. The molecule has 0 unspecified atom stereocenters. The van der Waals surface area contributed by atoms with E-state index < -0.39 is 15.7 Å². The van der Waals surface area contributed by atoms with E-state index in [-0.39, 0.29) is 5.41 Å². The highest BCUT2D eigenvalue weighted by Gasteiger charge is 2.30. The molecule has 0 spiro atoms. The third-order valence-corrected chi connectivity index (χ3v) is 5.74. The van der Waals surface area contributed by atoms with Crippen molar-refractivity contribution in [3.8, 4) is 11.5 Å². The zero-order valence-corrected chi connectivity index (χ0v) is 15.8. The summed E-state index contributed by atoms with van der Waals surface area (Å²) in [5.74, 6) is 0.353. The zero-order valence-electron chi connectivity index (χ0n) is 14.4. The van der Waals surface area contributed by atoms with Crippen LogP contribution in [-0.4, -0.2) is 15.7 Å². The van der Waals surface area contributed by atoms with Crippen LogP contribution in [0.15, 0.2) is 60.7 Å². The van der Waals surface area contributed by atoms with Gasteiger partial charge in [-0.3, -0.25) is 0 Å². The molecule has 4 heteroatoms. The average Bonchev–Trinajstić information content (AvgIpc) is 2.47.